The van der Waals surface area contributed by atoms with Gasteiger partial charge in [0, 0.05) is 48.3 Å². The molecule has 1 aromatic heterocycles. The first-order chi connectivity index (χ1) is 52.9. The van der Waals surface area contributed by atoms with Gasteiger partial charge in [0.1, 0.15) is 72.5 Å². The summed E-state index contributed by atoms with van der Waals surface area (Å²) in [6.07, 6.45) is -2.79. The van der Waals surface area contributed by atoms with Gasteiger partial charge < -0.3 is 122 Å². The lowest BCUT2D eigenvalue weighted by atomic mass is 10.0. The van der Waals surface area contributed by atoms with E-state index in [1.165, 1.54) is 33.3 Å². The number of H-pyrrole nitrogens is 1. The van der Waals surface area contributed by atoms with Gasteiger partial charge in [0.15, 0.2) is 0 Å². The average Bonchev–Trinajstić information content (AvgIpc) is 1.06. The first kappa shape index (κ1) is 94.9. The highest BCUT2D eigenvalue weighted by Gasteiger charge is 2.37. The van der Waals surface area contributed by atoms with Crippen LogP contribution in [0.2, 0.25) is 0 Å². The lowest BCUT2D eigenvalue weighted by Crippen LogP contribution is -2.61. The Kier molecular flexibility index (Phi) is 42.1. The van der Waals surface area contributed by atoms with Crippen LogP contribution in [0.15, 0.2) is 73.2 Å². The summed E-state index contributed by atoms with van der Waals surface area (Å²) < 4.78 is 0. The molecular weight excluding hydrogens is 1520 g/mol. The number of rotatable bonds is 52. The van der Waals surface area contributed by atoms with Crippen LogP contribution in [0.1, 0.15) is 91.7 Å². The predicted molar refractivity (Wildman–Crippen MR) is 401 cm³/mol. The van der Waals surface area contributed by atoms with Crippen molar-refractivity contribution in [1.29, 1.82) is 0 Å². The lowest BCUT2D eigenvalue weighted by Gasteiger charge is -2.28. The minimum atomic E-state index is -2.09. The second-order valence-electron chi connectivity index (χ2n) is 25.6. The van der Waals surface area contributed by atoms with Crippen molar-refractivity contribution in [2.75, 3.05) is 53.3 Å². The van der Waals surface area contributed by atoms with Crippen LogP contribution in [0.3, 0.4) is 0 Å². The summed E-state index contributed by atoms with van der Waals surface area (Å²) in [5.74, 6) is -22.7. The zero-order valence-corrected chi connectivity index (χ0v) is 63.4. The third-order valence-electron chi connectivity index (χ3n) is 16.0. The van der Waals surface area contributed by atoms with E-state index in [4.69, 9.17) is 11.5 Å². The number of aliphatic hydroxyl groups is 2. The third kappa shape index (κ3) is 36.0. The largest absolute Gasteiger partial charge is 0.481 e. The van der Waals surface area contributed by atoms with E-state index in [1.807, 2.05) is 0 Å². The number of hydrogen-bond acceptors (Lipinski definition) is 25. The molecule has 0 saturated heterocycles. The fourth-order valence-electron chi connectivity index (χ4n) is 9.81. The number of thioether (sulfide) groups is 2. The first-order valence-electron chi connectivity index (χ1n) is 35.0. The minimum absolute atomic E-state index is 0.0715. The van der Waals surface area contributed by atoms with Crippen LogP contribution in [0.5, 0.6) is 0 Å². The molecule has 0 aliphatic rings. The van der Waals surface area contributed by atoms with Gasteiger partial charge in [0.25, 0.3) is 0 Å². The van der Waals surface area contributed by atoms with Crippen LogP contribution >= 0.6 is 23.5 Å². The van der Waals surface area contributed by atoms with Crippen molar-refractivity contribution in [1.82, 2.24) is 73.8 Å². The number of carboxylic acids is 4. The van der Waals surface area contributed by atoms with Gasteiger partial charge in [-0.05, 0) is 89.6 Å². The highest BCUT2D eigenvalue weighted by molar-refractivity contribution is 8.00. The number of anilines is 2. The van der Waals surface area contributed by atoms with E-state index in [9.17, 15) is 117 Å². The molecule has 0 aliphatic carbocycles. The number of aliphatic carboxylic acids is 4. The van der Waals surface area contributed by atoms with E-state index in [1.54, 1.807) is 60.7 Å². The number of carbonyl (C=O) groups excluding carboxylic acids is 14. The Morgan fingerprint density at radius 2 is 0.902 bits per heavy atom. The summed E-state index contributed by atoms with van der Waals surface area (Å²) in [5, 5.41) is 91.8. The number of carbonyl (C=O) groups is 18. The van der Waals surface area contributed by atoms with E-state index in [0.29, 0.717) is 17.8 Å². The average molecular weight is 1620 g/mol. The molecule has 14 amide bonds. The maximum atomic E-state index is 14.0. The summed E-state index contributed by atoms with van der Waals surface area (Å²) in [6, 6.07) is -3.64. The molecule has 0 fully saturated rings. The van der Waals surface area contributed by atoms with Gasteiger partial charge >= 0.3 is 23.9 Å². The molecule has 3 rings (SSSR count). The van der Waals surface area contributed by atoms with Crippen molar-refractivity contribution < 1.29 is 117 Å². The van der Waals surface area contributed by atoms with Crippen molar-refractivity contribution in [3.8, 4) is 0 Å². The predicted octanol–water partition coefficient (Wildman–Crippen LogP) is -6.04. The Morgan fingerprint density at radius 3 is 1.38 bits per heavy atom. The molecule has 42 nitrogen and oxygen atoms in total. The Hall–Kier alpha value is -11.4. The van der Waals surface area contributed by atoms with Gasteiger partial charge in [-0.2, -0.15) is 0 Å². The Labute approximate surface area is 650 Å². The monoisotopic (exact) mass is 1610 g/mol. The molecule has 0 unspecified atom stereocenters. The zero-order valence-electron chi connectivity index (χ0n) is 61.8. The van der Waals surface area contributed by atoms with Gasteiger partial charge in [-0.25, -0.2) is 9.78 Å². The number of hydrogen-bond donors (Lipinski definition) is 23. The number of aromatic amines is 1. The number of aliphatic hydroxyl groups excluding tert-OH is 2. The molecule has 1 heterocycles. The van der Waals surface area contributed by atoms with Crippen LogP contribution in [0.4, 0.5) is 11.4 Å². The molecule has 112 heavy (non-hydrogen) atoms. The van der Waals surface area contributed by atoms with Gasteiger partial charge in [-0.3, -0.25) is 81.5 Å². The van der Waals surface area contributed by atoms with Gasteiger partial charge in [0.05, 0.1) is 49.2 Å². The fraction of sp³-hybridized carbons (Fsp3) is 0.515. The molecule has 0 bridgehead atoms. The van der Waals surface area contributed by atoms with Crippen LogP contribution in [0.25, 0.3) is 0 Å². The number of nitrogens with one attached hydrogen (secondary N) is 15. The minimum Gasteiger partial charge on any atom is -0.481 e. The summed E-state index contributed by atoms with van der Waals surface area (Å²) in [6.45, 7) is 4.53. The highest BCUT2D eigenvalue weighted by Crippen LogP contribution is 2.15. The van der Waals surface area contributed by atoms with E-state index in [0.717, 1.165) is 37.4 Å². The highest BCUT2D eigenvalue weighted by atomic mass is 32.2. The number of carboxylic acid groups (broad SMARTS) is 4. The number of benzene rings is 2. The maximum absolute atomic E-state index is 14.0. The maximum Gasteiger partial charge on any atom is 0.326 e. The van der Waals surface area contributed by atoms with E-state index in [2.05, 4.69) is 84.4 Å². The number of aromatic nitrogens is 2. The van der Waals surface area contributed by atoms with Crippen molar-refractivity contribution in [2.24, 2.45) is 17.4 Å². The normalized spacial score (nSPS) is 14.4. The number of amides is 14. The second-order valence-corrected chi connectivity index (χ2v) is 27.7. The summed E-state index contributed by atoms with van der Waals surface area (Å²) >= 11 is 1.75. The topological polar surface area (TPSA) is 678 Å². The summed E-state index contributed by atoms with van der Waals surface area (Å²) in [5.41, 5.74) is 12.4. The molecule has 44 heteroatoms. The van der Waals surface area contributed by atoms with Crippen LogP contribution in [-0.2, 0) is 92.7 Å². The van der Waals surface area contributed by atoms with Crippen molar-refractivity contribution in [3.05, 3.63) is 78.9 Å². The molecule has 0 radical (unpaired) electrons. The Morgan fingerprint density at radius 1 is 0.464 bits per heavy atom. The molecule has 0 spiro atoms. The second kappa shape index (κ2) is 49.7. The van der Waals surface area contributed by atoms with Crippen LogP contribution in [0, 0.1) is 5.92 Å². The van der Waals surface area contributed by atoms with Gasteiger partial charge in [-0.1, -0.05) is 50.2 Å². The Bertz CT molecular complexity index is 3720. The number of para-hydroxylation sites is 2. The van der Waals surface area contributed by atoms with Gasteiger partial charge in [-0.15, -0.1) is 23.5 Å². The van der Waals surface area contributed by atoms with Crippen molar-refractivity contribution in [2.45, 2.75) is 171 Å². The number of imidazole rings is 1. The molecular formula is C68H98N18O24S2. The van der Waals surface area contributed by atoms with Crippen LogP contribution in [-0.4, -0.2) is 268 Å². The van der Waals surface area contributed by atoms with Gasteiger partial charge in [0.2, 0.25) is 82.7 Å². The van der Waals surface area contributed by atoms with E-state index >= 15 is 0 Å². The molecule has 3 aromatic rings. The molecule has 0 aliphatic heterocycles. The number of nitrogens with two attached hydrogens (primary N) is 2. The van der Waals surface area contributed by atoms with Crippen LogP contribution < -0.4 is 85.9 Å². The zero-order chi connectivity index (χ0) is 83.7. The number of nitrogens with zero attached hydrogens (tertiary/aromatic N) is 1. The molecule has 2 aromatic carbocycles. The standard InChI is InChI=1S/C68H98N18O24S2/c1-34(2)56(86-65(106)48(85-66(107)55(70)37(5)88)30-112-32-51(91)77-39-16-10-7-11-17-39)67(108)75-36(4)58(99)82-45(25-54(96)97)62(103)79-42(20-22-53(94)95)60(101)84-46(28-87)63(104)83-44(24-40-26-71-33-73-40)61(102)74-35(3)57(98)72-27-49(89)78-47(29-111-31-50(90)76-38-14-8-6-9-15-38)64(105)80-41(19-21-52(92)93)59(100)81-43(68(109)110)18-12-13-23-69/h6-11,14-17,26,33-37,41-48,55-56,87-88H,12-13,18-25,27-32,69-70H2,1-5H3,(H,71,73)(H,72,98)(H,74,102)(H,75,108)(H,76,90)(H,77,91)(H,78,89)(H,79,103)(H,80,105)(H,81,100)(H,82,99)(H,83,104)(H,84,101)(H,85,107)(H,86,106)(H,92,93)(H,94,95)(H,96,97)(H,109,110)/t35-,36-,37+,41-,42-,43-,44-,45-,46-,47-,48-,55-,56-/m0/s1. The molecule has 25 N–H and O–H groups in total. The summed E-state index contributed by atoms with van der Waals surface area (Å²) in [4.78, 5) is 244. The summed E-state index contributed by atoms with van der Waals surface area (Å²) in [7, 11) is 0. The molecule has 0 saturated carbocycles. The number of unbranched alkanes of at least 4 members (excludes halogenated alkanes) is 1. The third-order valence-corrected chi connectivity index (χ3v) is 18.1. The van der Waals surface area contributed by atoms with Crippen molar-refractivity contribution in [3.63, 3.8) is 0 Å². The molecule has 616 valence electrons. The van der Waals surface area contributed by atoms with Crippen molar-refractivity contribution >= 4 is 141 Å². The van der Waals surface area contributed by atoms with E-state index in [-0.39, 0.29) is 48.1 Å². The quantitative estimate of drug-likeness (QED) is 0.0234. The first-order valence-corrected chi connectivity index (χ1v) is 37.3. The fourth-order valence-corrected chi connectivity index (χ4v) is 11.5. The molecule has 13 atom stereocenters. The smallest absolute Gasteiger partial charge is 0.326 e. The van der Waals surface area contributed by atoms with E-state index < -0.39 is 243 Å². The lowest BCUT2D eigenvalue weighted by molar-refractivity contribution is -0.143. The Balaban J connectivity index is 1.77. The SMILES string of the molecule is CC(C)[C@H](NC(=O)[C@H](CSCC(=O)Nc1ccccc1)NC(=O)[C@@H](N)[C@@H](C)O)C(=O)N[C@@H](C)C(=O)N[C@@H](CC(=O)O)C(=O)N[C@@H](CCC(=O)O)C(=O)N[C@@H](CO)C(=O)N[C@@H](Cc1c[nH]cn1)C(=O)N[C@@H](C)C(=O)NCC(=O)N[C@@H](CSCC(=O)Nc1ccccc1)C(=O)N[C@@H](CCC(=O)O)C(=O)N[C@@H](CCCCN)C(=O)O.